The Balaban J connectivity index is 1.75. The van der Waals surface area contributed by atoms with Crippen molar-refractivity contribution in [1.29, 1.82) is 10.8 Å². The maximum Gasteiger partial charge on any atom is 0.123 e. The monoisotopic (exact) mass is 450 g/mol. The van der Waals surface area contributed by atoms with Crippen molar-refractivity contribution in [2.45, 2.75) is 13.8 Å². The Hall–Kier alpha value is -3.43. The van der Waals surface area contributed by atoms with E-state index in [9.17, 15) is 0 Å². The molecule has 0 aromatic rings. The van der Waals surface area contributed by atoms with Crippen molar-refractivity contribution in [3.63, 3.8) is 0 Å². The van der Waals surface area contributed by atoms with Crippen LogP contribution in [0.25, 0.3) is 0 Å². The molecule has 176 valence electrons. The number of fused-ring (bicyclic) bond motifs is 1. The Labute approximate surface area is 195 Å². The van der Waals surface area contributed by atoms with E-state index in [-0.39, 0.29) is 11.8 Å². The van der Waals surface area contributed by atoms with Crippen LogP contribution < -0.4 is 21.7 Å². The van der Waals surface area contributed by atoms with Crippen LogP contribution in [0.3, 0.4) is 0 Å². The van der Waals surface area contributed by atoms with Gasteiger partial charge in [0.25, 0.3) is 0 Å². The summed E-state index contributed by atoms with van der Waals surface area (Å²) >= 11 is 0. The van der Waals surface area contributed by atoms with E-state index >= 15 is 0 Å². The highest BCUT2D eigenvalue weighted by Gasteiger charge is 2.19. The summed E-state index contributed by atoms with van der Waals surface area (Å²) in [7, 11) is 1.74. The van der Waals surface area contributed by atoms with Crippen molar-refractivity contribution >= 4 is 18.3 Å². The molecule has 0 amide bonds. The lowest BCUT2D eigenvalue weighted by atomic mass is 10.00. The van der Waals surface area contributed by atoms with Crippen molar-refractivity contribution < 1.29 is 4.74 Å². The van der Waals surface area contributed by atoms with Gasteiger partial charge in [-0.15, -0.1) is 0 Å². The van der Waals surface area contributed by atoms with E-state index in [1.54, 1.807) is 19.3 Å². The first-order valence-corrected chi connectivity index (χ1v) is 11.1. The first kappa shape index (κ1) is 24.2. The van der Waals surface area contributed by atoms with Gasteiger partial charge in [0.05, 0.1) is 24.6 Å². The van der Waals surface area contributed by atoms with Crippen LogP contribution in [-0.4, -0.2) is 63.1 Å². The molecular weight excluding hydrogens is 416 g/mol. The standard InChI is InChI=1S/C24H34N8O/c1-16(2)17(12-25)11-23(27)31-24-5-4-21-22(30-24)10-18(13-29-21)19(14-28-3)20(26)15-32-6-8-33-9-7-32/h4-5,10-14,16,25,29-30H,6-9,15,26H2,1-3H3,(H2,27,31). The van der Waals surface area contributed by atoms with Gasteiger partial charge in [-0.05, 0) is 35.8 Å². The molecule has 33 heavy (non-hydrogen) atoms. The summed E-state index contributed by atoms with van der Waals surface area (Å²) in [6, 6.07) is 0. The average molecular weight is 451 g/mol. The predicted molar refractivity (Wildman–Crippen MR) is 134 cm³/mol. The molecule has 3 aliphatic rings. The Bertz CT molecular complexity index is 988. The third-order valence-corrected chi connectivity index (χ3v) is 5.49. The summed E-state index contributed by atoms with van der Waals surface area (Å²) in [4.78, 5) is 6.50. The molecule has 0 radical (unpaired) electrons. The van der Waals surface area contributed by atoms with Gasteiger partial charge in [0, 0.05) is 62.2 Å². The van der Waals surface area contributed by atoms with Crippen LogP contribution >= 0.6 is 0 Å². The quantitative estimate of drug-likeness (QED) is 0.246. The fourth-order valence-electron chi connectivity index (χ4n) is 3.61. The molecular formula is C24H34N8O. The van der Waals surface area contributed by atoms with Crippen molar-refractivity contribution in [2.75, 3.05) is 39.9 Å². The van der Waals surface area contributed by atoms with Crippen LogP contribution in [0.15, 0.2) is 75.1 Å². The molecule has 3 rings (SSSR count). The zero-order chi connectivity index (χ0) is 23.8. The molecule has 0 aliphatic carbocycles. The lowest BCUT2D eigenvalue weighted by molar-refractivity contribution is 0.0421. The minimum atomic E-state index is 0.177. The van der Waals surface area contributed by atoms with Gasteiger partial charge in [0.15, 0.2) is 0 Å². The van der Waals surface area contributed by atoms with Crippen molar-refractivity contribution in [2.24, 2.45) is 16.6 Å². The second kappa shape index (κ2) is 11.4. The maximum atomic E-state index is 8.23. The Morgan fingerprint density at radius 1 is 1.30 bits per heavy atom. The van der Waals surface area contributed by atoms with E-state index in [4.69, 9.17) is 21.3 Å². The number of allylic oxidation sites excluding steroid dienone is 6. The number of nitrogens with zero attached hydrogens (tertiary/aromatic N) is 2. The number of morpholine rings is 1. The van der Waals surface area contributed by atoms with Gasteiger partial charge in [-0.3, -0.25) is 15.3 Å². The second-order valence-electron chi connectivity index (χ2n) is 8.28. The number of nitrogens with one attached hydrogen (secondary N) is 5. The summed E-state index contributed by atoms with van der Waals surface area (Å²) < 4.78 is 5.43. The molecule has 1 fully saturated rings. The summed E-state index contributed by atoms with van der Waals surface area (Å²) in [6.45, 7) is 7.83. The highest BCUT2D eigenvalue weighted by atomic mass is 16.5. The zero-order valence-corrected chi connectivity index (χ0v) is 19.5. The van der Waals surface area contributed by atoms with Gasteiger partial charge in [0.1, 0.15) is 11.7 Å². The van der Waals surface area contributed by atoms with E-state index in [1.165, 1.54) is 6.21 Å². The highest BCUT2D eigenvalue weighted by Crippen LogP contribution is 2.23. The van der Waals surface area contributed by atoms with Crippen LogP contribution in [-0.2, 0) is 4.74 Å². The van der Waals surface area contributed by atoms with Gasteiger partial charge in [0.2, 0.25) is 0 Å². The third kappa shape index (κ3) is 6.53. The topological polar surface area (TPSA) is 135 Å². The molecule has 0 saturated carbocycles. The molecule has 9 heteroatoms. The number of amidine groups is 1. The van der Waals surface area contributed by atoms with Gasteiger partial charge in [-0.1, -0.05) is 13.8 Å². The second-order valence-corrected chi connectivity index (χ2v) is 8.28. The lowest BCUT2D eigenvalue weighted by Gasteiger charge is -2.28. The molecule has 7 N–H and O–H groups in total. The summed E-state index contributed by atoms with van der Waals surface area (Å²) in [5, 5.41) is 25.5. The number of hydrogen-bond donors (Lipinski definition) is 6. The number of dihydropyridines is 2. The van der Waals surface area contributed by atoms with Crippen LogP contribution in [0.1, 0.15) is 13.8 Å². The number of ether oxygens (including phenoxy) is 1. The number of nitrogens with two attached hydrogens (primary N) is 1. The van der Waals surface area contributed by atoms with Crippen LogP contribution in [0.4, 0.5) is 0 Å². The van der Waals surface area contributed by atoms with Crippen molar-refractivity contribution in [3.05, 3.63) is 70.1 Å². The summed E-state index contributed by atoms with van der Waals surface area (Å²) in [5.41, 5.74) is 11.6. The maximum absolute atomic E-state index is 8.23. The minimum Gasteiger partial charge on any atom is -0.400 e. The Kier molecular flexibility index (Phi) is 8.39. The van der Waals surface area contributed by atoms with Crippen LogP contribution in [0.2, 0.25) is 0 Å². The molecule has 0 aromatic heterocycles. The van der Waals surface area contributed by atoms with Crippen LogP contribution in [0.5, 0.6) is 0 Å². The molecule has 0 spiro atoms. The van der Waals surface area contributed by atoms with E-state index in [1.807, 2.05) is 38.3 Å². The summed E-state index contributed by atoms with van der Waals surface area (Å²) in [6.07, 6.45) is 12.5. The normalized spacial score (nSPS) is 19.9. The number of aliphatic imine (C=N–C) groups is 1. The molecule has 3 heterocycles. The molecule has 0 atom stereocenters. The highest BCUT2D eigenvalue weighted by molar-refractivity contribution is 5.97. The van der Waals surface area contributed by atoms with E-state index < -0.39 is 0 Å². The first-order valence-electron chi connectivity index (χ1n) is 11.1. The number of rotatable bonds is 8. The third-order valence-electron chi connectivity index (χ3n) is 5.49. The molecule has 0 unspecified atom stereocenters. The minimum absolute atomic E-state index is 0.177. The van der Waals surface area contributed by atoms with Crippen molar-refractivity contribution in [1.82, 2.24) is 20.9 Å². The Morgan fingerprint density at radius 2 is 2.06 bits per heavy atom. The van der Waals surface area contributed by atoms with E-state index in [0.717, 1.165) is 60.1 Å². The summed E-state index contributed by atoms with van der Waals surface area (Å²) in [5.74, 6) is 1.07. The average Bonchev–Trinajstić information content (AvgIpc) is 2.81. The van der Waals surface area contributed by atoms with E-state index in [0.29, 0.717) is 12.4 Å². The number of hydrogen-bond acceptors (Lipinski definition) is 8. The molecule has 3 aliphatic heterocycles. The predicted octanol–water partition coefficient (Wildman–Crippen LogP) is 1.73. The molecule has 0 bridgehead atoms. The van der Waals surface area contributed by atoms with Gasteiger partial charge >= 0.3 is 0 Å². The smallest absolute Gasteiger partial charge is 0.123 e. The fourth-order valence-corrected chi connectivity index (χ4v) is 3.61. The Morgan fingerprint density at radius 3 is 2.73 bits per heavy atom. The molecule has 9 nitrogen and oxygen atoms in total. The van der Waals surface area contributed by atoms with E-state index in [2.05, 4.69) is 25.8 Å². The largest absolute Gasteiger partial charge is 0.400 e. The SMILES string of the molecule is CN=CC(C1=CNC2=CC=C(NC(=N)C=C(C=N)C(C)C)NC2=C1)=C(N)CN1CCOCC1. The van der Waals surface area contributed by atoms with Crippen molar-refractivity contribution in [3.8, 4) is 0 Å². The van der Waals surface area contributed by atoms with Crippen LogP contribution in [0, 0.1) is 16.7 Å². The zero-order valence-electron chi connectivity index (χ0n) is 19.5. The van der Waals surface area contributed by atoms with Gasteiger partial charge in [-0.2, -0.15) is 0 Å². The first-order chi connectivity index (χ1) is 15.9. The molecule has 1 saturated heterocycles. The lowest BCUT2D eigenvalue weighted by Crippen LogP contribution is -2.39. The van der Waals surface area contributed by atoms with Gasteiger partial charge < -0.3 is 31.8 Å². The fraction of sp³-hybridized carbons (Fsp3) is 0.375. The van der Waals surface area contributed by atoms with Gasteiger partial charge in [-0.25, -0.2) is 0 Å². The molecule has 0 aromatic carbocycles.